The fourth-order valence-electron chi connectivity index (χ4n) is 2.69. The lowest BCUT2D eigenvalue weighted by atomic mass is 10.0. The minimum Gasteiger partial charge on any atom is -0.355 e. The van der Waals surface area contributed by atoms with Crippen molar-refractivity contribution in [2.75, 3.05) is 40.5 Å². The summed E-state index contributed by atoms with van der Waals surface area (Å²) in [7, 11) is -3.42. The number of pyridine rings is 1. The van der Waals surface area contributed by atoms with E-state index in [4.69, 9.17) is 0 Å². The molecule has 26 heavy (non-hydrogen) atoms. The van der Waals surface area contributed by atoms with Gasteiger partial charge in [0, 0.05) is 46.4 Å². The summed E-state index contributed by atoms with van der Waals surface area (Å²) in [5.74, 6) is 2.70. The molecule has 9 heteroatoms. The van der Waals surface area contributed by atoms with E-state index in [1.54, 1.807) is 30.5 Å². The van der Waals surface area contributed by atoms with E-state index in [-0.39, 0.29) is 5.78 Å². The van der Waals surface area contributed by atoms with E-state index in [1.807, 2.05) is 11.8 Å². The number of sulfonamides is 1. The Morgan fingerprint density at radius 3 is 2.62 bits per heavy atom. The Bertz CT molecular complexity index is 929. The van der Waals surface area contributed by atoms with Crippen molar-refractivity contribution in [3.8, 4) is 0 Å². The van der Waals surface area contributed by atoms with Crippen LogP contribution in [0.1, 0.15) is 15.9 Å². The summed E-state index contributed by atoms with van der Waals surface area (Å²) < 4.78 is 25.9. The molecule has 0 bridgehead atoms. The van der Waals surface area contributed by atoms with Crippen LogP contribution in [0.2, 0.25) is 0 Å². The van der Waals surface area contributed by atoms with E-state index in [1.165, 1.54) is 6.07 Å². The predicted molar refractivity (Wildman–Crippen MR) is 110 cm³/mol. The molecular weight excluding hydrogens is 438 g/mol. The van der Waals surface area contributed by atoms with Crippen molar-refractivity contribution >= 4 is 55.0 Å². The van der Waals surface area contributed by atoms with Crippen LogP contribution in [0.15, 0.2) is 41.0 Å². The van der Waals surface area contributed by atoms with Gasteiger partial charge in [-0.1, -0.05) is 15.9 Å². The highest BCUT2D eigenvalue weighted by atomic mass is 79.9. The minimum atomic E-state index is -3.42. The number of benzene rings is 1. The van der Waals surface area contributed by atoms with Crippen molar-refractivity contribution in [1.29, 1.82) is 0 Å². The van der Waals surface area contributed by atoms with Gasteiger partial charge in [-0.15, -0.1) is 0 Å². The number of thioether (sulfide) groups is 1. The van der Waals surface area contributed by atoms with Gasteiger partial charge in [0.1, 0.15) is 5.82 Å². The maximum atomic E-state index is 12.9. The van der Waals surface area contributed by atoms with Crippen LogP contribution in [-0.4, -0.2) is 50.0 Å². The number of anilines is 2. The molecule has 3 rings (SSSR count). The number of carbonyl (C=O) groups is 1. The molecule has 1 aliphatic rings. The summed E-state index contributed by atoms with van der Waals surface area (Å²) in [4.78, 5) is 19.5. The van der Waals surface area contributed by atoms with Crippen LogP contribution in [0.5, 0.6) is 0 Å². The van der Waals surface area contributed by atoms with Crippen molar-refractivity contribution < 1.29 is 13.2 Å². The Morgan fingerprint density at radius 2 is 1.92 bits per heavy atom. The number of ketones is 1. The number of nitrogens with one attached hydrogen (secondary N) is 1. The number of carbonyl (C=O) groups excluding carboxylic acids is 1. The summed E-state index contributed by atoms with van der Waals surface area (Å²) in [6.07, 6.45) is 2.71. The average molecular weight is 456 g/mol. The molecular formula is C17H18BrN3O3S2. The fourth-order valence-corrected chi connectivity index (χ4v) is 4.63. The van der Waals surface area contributed by atoms with E-state index >= 15 is 0 Å². The molecule has 0 unspecified atom stereocenters. The van der Waals surface area contributed by atoms with E-state index in [0.717, 1.165) is 36.7 Å². The first-order chi connectivity index (χ1) is 12.3. The Kier molecular flexibility index (Phi) is 5.89. The molecule has 0 aliphatic carbocycles. The van der Waals surface area contributed by atoms with Crippen molar-refractivity contribution in [2.45, 2.75) is 0 Å². The minimum absolute atomic E-state index is 0.183. The first-order valence-electron chi connectivity index (χ1n) is 7.94. The third-order valence-corrected chi connectivity index (χ3v) is 5.81. The van der Waals surface area contributed by atoms with Gasteiger partial charge in [0.15, 0.2) is 5.78 Å². The number of hydrogen-bond donors (Lipinski definition) is 1. The summed E-state index contributed by atoms with van der Waals surface area (Å²) in [5.41, 5.74) is 1.26. The van der Waals surface area contributed by atoms with E-state index in [2.05, 4.69) is 30.5 Å². The monoisotopic (exact) mass is 455 g/mol. The van der Waals surface area contributed by atoms with Crippen molar-refractivity contribution in [3.05, 3.63) is 52.1 Å². The predicted octanol–water partition coefficient (Wildman–Crippen LogP) is 3.00. The van der Waals surface area contributed by atoms with Crippen LogP contribution in [0.3, 0.4) is 0 Å². The molecule has 0 radical (unpaired) electrons. The molecule has 0 amide bonds. The number of hydrogen-bond acceptors (Lipinski definition) is 6. The van der Waals surface area contributed by atoms with E-state index in [0.29, 0.717) is 21.3 Å². The standard InChI is InChI=1S/C17H18BrN3O3S2/c1-26(23,24)20-15-9-13(8-14(18)11-15)17(22)12-2-3-19-16(10-12)21-4-6-25-7-5-21/h2-3,8-11,20H,4-7H2,1H3. The first-order valence-corrected chi connectivity index (χ1v) is 11.8. The zero-order chi connectivity index (χ0) is 18.7. The third kappa shape index (κ3) is 4.99. The Morgan fingerprint density at radius 1 is 1.19 bits per heavy atom. The molecule has 2 heterocycles. The smallest absolute Gasteiger partial charge is 0.229 e. The molecule has 138 valence electrons. The number of nitrogens with zero attached hydrogens (tertiary/aromatic N) is 2. The van der Waals surface area contributed by atoms with Gasteiger partial charge in [0.2, 0.25) is 10.0 Å². The molecule has 0 spiro atoms. The fraction of sp³-hybridized carbons (Fsp3) is 0.294. The zero-order valence-corrected chi connectivity index (χ0v) is 17.3. The van der Waals surface area contributed by atoms with E-state index in [9.17, 15) is 13.2 Å². The van der Waals surface area contributed by atoms with Gasteiger partial charge in [-0.2, -0.15) is 11.8 Å². The van der Waals surface area contributed by atoms with Crippen LogP contribution in [-0.2, 0) is 10.0 Å². The Balaban J connectivity index is 1.89. The molecule has 2 aromatic rings. The van der Waals surface area contributed by atoms with Crippen LogP contribution in [0.4, 0.5) is 11.5 Å². The first kappa shape index (κ1) is 19.2. The molecule has 1 aliphatic heterocycles. The molecule has 1 fully saturated rings. The molecule has 1 aromatic carbocycles. The quantitative estimate of drug-likeness (QED) is 0.697. The van der Waals surface area contributed by atoms with Gasteiger partial charge in [-0.05, 0) is 30.3 Å². The lowest BCUT2D eigenvalue weighted by Gasteiger charge is -2.27. The Labute approximate surface area is 165 Å². The van der Waals surface area contributed by atoms with Gasteiger partial charge in [-0.25, -0.2) is 13.4 Å². The average Bonchev–Trinajstić information content (AvgIpc) is 2.60. The van der Waals surface area contributed by atoms with Gasteiger partial charge in [0.05, 0.1) is 11.9 Å². The molecule has 1 N–H and O–H groups in total. The maximum Gasteiger partial charge on any atom is 0.229 e. The van der Waals surface area contributed by atoms with Crippen LogP contribution in [0, 0.1) is 0 Å². The van der Waals surface area contributed by atoms with Crippen molar-refractivity contribution in [1.82, 2.24) is 4.98 Å². The highest BCUT2D eigenvalue weighted by molar-refractivity contribution is 9.10. The molecule has 0 atom stereocenters. The molecule has 1 aromatic heterocycles. The van der Waals surface area contributed by atoms with Crippen molar-refractivity contribution in [3.63, 3.8) is 0 Å². The van der Waals surface area contributed by atoms with Gasteiger partial charge in [0.25, 0.3) is 0 Å². The second kappa shape index (κ2) is 7.98. The highest BCUT2D eigenvalue weighted by Crippen LogP contribution is 2.24. The second-order valence-corrected chi connectivity index (χ2v) is 9.82. The topological polar surface area (TPSA) is 79.4 Å². The largest absolute Gasteiger partial charge is 0.355 e. The lowest BCUT2D eigenvalue weighted by molar-refractivity contribution is 0.103. The maximum absolute atomic E-state index is 12.9. The van der Waals surface area contributed by atoms with Crippen LogP contribution < -0.4 is 9.62 Å². The normalized spacial score (nSPS) is 14.9. The summed E-state index contributed by atoms with van der Waals surface area (Å²) in [6.45, 7) is 1.82. The Hall–Kier alpha value is -1.58. The molecule has 6 nitrogen and oxygen atoms in total. The summed E-state index contributed by atoms with van der Waals surface area (Å²) in [5, 5.41) is 0. The summed E-state index contributed by atoms with van der Waals surface area (Å²) in [6, 6.07) is 8.29. The zero-order valence-electron chi connectivity index (χ0n) is 14.1. The SMILES string of the molecule is CS(=O)(=O)Nc1cc(Br)cc(C(=O)c2ccnc(N3CCSCC3)c2)c1. The molecule has 0 saturated carbocycles. The summed E-state index contributed by atoms with van der Waals surface area (Å²) >= 11 is 5.24. The van der Waals surface area contributed by atoms with Gasteiger partial charge < -0.3 is 4.90 Å². The number of aromatic nitrogens is 1. The highest BCUT2D eigenvalue weighted by Gasteiger charge is 2.16. The molecule has 1 saturated heterocycles. The third-order valence-electron chi connectivity index (χ3n) is 3.81. The number of rotatable bonds is 5. The van der Waals surface area contributed by atoms with E-state index < -0.39 is 10.0 Å². The van der Waals surface area contributed by atoms with Crippen LogP contribution >= 0.6 is 27.7 Å². The second-order valence-electron chi connectivity index (χ2n) is 5.93. The van der Waals surface area contributed by atoms with Crippen molar-refractivity contribution in [2.24, 2.45) is 0 Å². The van der Waals surface area contributed by atoms with Gasteiger partial charge >= 0.3 is 0 Å². The number of halogens is 1. The van der Waals surface area contributed by atoms with Crippen LogP contribution in [0.25, 0.3) is 0 Å². The lowest BCUT2D eigenvalue weighted by Crippen LogP contribution is -2.33. The van der Waals surface area contributed by atoms with Gasteiger partial charge in [-0.3, -0.25) is 9.52 Å².